The van der Waals surface area contributed by atoms with E-state index in [1.165, 1.54) is 24.0 Å². The summed E-state index contributed by atoms with van der Waals surface area (Å²) in [5, 5.41) is 10.6. The molecule has 164 valence electrons. The van der Waals surface area contributed by atoms with Crippen LogP contribution in [-0.2, 0) is 10.8 Å². The smallest absolute Gasteiger partial charge is 0.194 e. The topological polar surface area (TPSA) is 42.2 Å². The van der Waals surface area contributed by atoms with Crippen molar-refractivity contribution < 1.29 is 9.16 Å². The lowest BCUT2D eigenvalue weighted by atomic mass is 9.53. The first-order valence-corrected chi connectivity index (χ1v) is 14.7. The van der Waals surface area contributed by atoms with Crippen LogP contribution in [0.1, 0.15) is 76.8 Å². The Morgan fingerprint density at radius 2 is 1.87 bits per heavy atom. The van der Waals surface area contributed by atoms with Gasteiger partial charge in [0.2, 0.25) is 0 Å². The van der Waals surface area contributed by atoms with E-state index in [2.05, 4.69) is 65.1 Å². The van der Waals surface area contributed by atoms with Crippen LogP contribution < -0.4 is 4.74 Å². The molecule has 1 aromatic carbocycles. The minimum absolute atomic E-state index is 0.0393. The second kappa shape index (κ2) is 7.10. The van der Waals surface area contributed by atoms with E-state index in [1.807, 2.05) is 0 Å². The number of nitriles is 1. The summed E-state index contributed by atoms with van der Waals surface area (Å²) in [4.78, 5) is 0. The van der Waals surface area contributed by atoms with Crippen LogP contribution in [0.5, 0.6) is 5.75 Å². The van der Waals surface area contributed by atoms with Crippen LogP contribution in [0.4, 0.5) is 0 Å². The summed E-state index contributed by atoms with van der Waals surface area (Å²) in [6, 6.07) is 9.46. The van der Waals surface area contributed by atoms with Crippen molar-refractivity contribution in [2.75, 3.05) is 7.11 Å². The molecule has 0 aliphatic heterocycles. The molecule has 0 heterocycles. The van der Waals surface area contributed by atoms with Gasteiger partial charge in [0.15, 0.2) is 8.32 Å². The van der Waals surface area contributed by atoms with Crippen LogP contribution >= 0.6 is 0 Å². The predicted molar refractivity (Wildman–Crippen MR) is 124 cm³/mol. The summed E-state index contributed by atoms with van der Waals surface area (Å²) in [5.74, 6) is 2.85. The first-order valence-electron chi connectivity index (χ1n) is 11.8. The molecule has 3 aliphatic carbocycles. The minimum atomic E-state index is -2.03. The summed E-state index contributed by atoms with van der Waals surface area (Å²) in [7, 11) is -0.283. The highest BCUT2D eigenvalue weighted by molar-refractivity contribution is 6.74. The molecule has 2 saturated carbocycles. The second-order valence-corrected chi connectivity index (χ2v) is 16.5. The van der Waals surface area contributed by atoms with Gasteiger partial charge in [0.1, 0.15) is 11.4 Å². The van der Waals surface area contributed by atoms with E-state index in [9.17, 15) is 5.26 Å². The summed E-state index contributed by atoms with van der Waals surface area (Å²) >= 11 is 0. The SMILES string of the molecule is COc1ccc2c(c1)CC[C@@H]1[C@@H]2CC[C@@]2(C)[C@H]1CC[C@]2(C#N)O[Si](C)(C)C(C)(C)C. The molecule has 0 saturated heterocycles. The number of methoxy groups -OCH3 is 1. The molecule has 0 N–H and O–H groups in total. The maximum Gasteiger partial charge on any atom is 0.194 e. The first kappa shape index (κ1) is 21.9. The van der Waals surface area contributed by atoms with Crippen LogP contribution in [-0.4, -0.2) is 21.0 Å². The Morgan fingerprint density at radius 1 is 1.13 bits per heavy atom. The van der Waals surface area contributed by atoms with Gasteiger partial charge in [0, 0.05) is 5.41 Å². The van der Waals surface area contributed by atoms with Gasteiger partial charge in [-0.05, 0) is 97.7 Å². The van der Waals surface area contributed by atoms with E-state index in [4.69, 9.17) is 9.16 Å². The van der Waals surface area contributed by atoms with E-state index in [0.29, 0.717) is 17.8 Å². The Labute approximate surface area is 184 Å². The predicted octanol–water partition coefficient (Wildman–Crippen LogP) is 6.84. The average molecular weight is 426 g/mol. The standard InChI is InChI=1S/C26H39NO2Si/c1-24(2,3)30(6,7)29-26(17-27)15-13-23-22-10-8-18-16-19(28-5)9-11-20(18)21(22)12-14-25(23,26)4/h9,11,16,21-23H,8,10,12-15H2,1-7H3/t21-,22-,23+,25+,26-/m1/s1. The third kappa shape index (κ3) is 3.07. The third-order valence-corrected chi connectivity index (χ3v) is 13.9. The van der Waals surface area contributed by atoms with Gasteiger partial charge in [-0.25, -0.2) is 0 Å². The zero-order valence-corrected chi connectivity index (χ0v) is 21.0. The van der Waals surface area contributed by atoms with E-state index in [1.54, 1.807) is 7.11 Å². The van der Waals surface area contributed by atoms with Crippen molar-refractivity contribution >= 4 is 8.32 Å². The molecule has 5 atom stereocenters. The molecule has 4 rings (SSSR count). The highest BCUT2D eigenvalue weighted by Crippen LogP contribution is 2.66. The van der Waals surface area contributed by atoms with Crippen LogP contribution in [0.2, 0.25) is 18.1 Å². The van der Waals surface area contributed by atoms with Gasteiger partial charge in [-0.1, -0.05) is 33.8 Å². The van der Waals surface area contributed by atoms with Crippen molar-refractivity contribution in [3.05, 3.63) is 29.3 Å². The maximum absolute atomic E-state index is 10.5. The molecule has 0 radical (unpaired) electrons. The molecule has 30 heavy (non-hydrogen) atoms. The quantitative estimate of drug-likeness (QED) is 0.498. The van der Waals surface area contributed by atoms with Gasteiger partial charge in [-0.15, -0.1) is 0 Å². The van der Waals surface area contributed by atoms with Crippen molar-refractivity contribution in [1.82, 2.24) is 0 Å². The van der Waals surface area contributed by atoms with Crippen molar-refractivity contribution in [2.24, 2.45) is 17.3 Å². The lowest BCUT2D eigenvalue weighted by Crippen LogP contribution is -2.57. The zero-order chi connectivity index (χ0) is 21.9. The number of ether oxygens (including phenoxy) is 1. The summed E-state index contributed by atoms with van der Waals surface area (Å²) in [6.45, 7) is 13.8. The lowest BCUT2D eigenvalue weighted by Gasteiger charge is -2.54. The van der Waals surface area contributed by atoms with Gasteiger partial charge in [-0.2, -0.15) is 5.26 Å². The summed E-state index contributed by atoms with van der Waals surface area (Å²) in [6.07, 6.45) is 6.64. The Hall–Kier alpha value is -1.31. The number of rotatable bonds is 3. The molecule has 0 unspecified atom stereocenters. The second-order valence-electron chi connectivity index (χ2n) is 11.8. The normalized spacial score (nSPS) is 35.7. The summed E-state index contributed by atoms with van der Waals surface area (Å²) < 4.78 is 12.5. The molecule has 1 aromatic rings. The zero-order valence-electron chi connectivity index (χ0n) is 20.0. The van der Waals surface area contributed by atoms with Gasteiger partial charge >= 0.3 is 0 Å². The third-order valence-electron chi connectivity index (χ3n) is 9.47. The molecule has 4 heteroatoms. The summed E-state index contributed by atoms with van der Waals surface area (Å²) in [5.41, 5.74) is 2.35. The monoisotopic (exact) mass is 425 g/mol. The van der Waals surface area contributed by atoms with E-state index in [0.717, 1.165) is 31.4 Å². The van der Waals surface area contributed by atoms with Crippen molar-refractivity contribution in [1.29, 1.82) is 5.26 Å². The molecule has 2 fully saturated rings. The van der Waals surface area contributed by atoms with Gasteiger partial charge in [0.25, 0.3) is 0 Å². The number of nitrogens with zero attached hydrogens (tertiary/aromatic N) is 1. The minimum Gasteiger partial charge on any atom is -0.497 e. The fourth-order valence-corrected chi connectivity index (χ4v) is 8.20. The lowest BCUT2D eigenvalue weighted by molar-refractivity contribution is -0.0576. The number of aryl methyl sites for hydroxylation is 1. The van der Waals surface area contributed by atoms with Crippen LogP contribution in [0.15, 0.2) is 18.2 Å². The number of hydrogen-bond donors (Lipinski definition) is 0. The molecule has 3 nitrogen and oxygen atoms in total. The Bertz CT molecular complexity index is 867. The number of benzene rings is 1. The van der Waals surface area contributed by atoms with E-state index < -0.39 is 13.9 Å². The molecule has 3 aliphatic rings. The fraction of sp³-hybridized carbons (Fsp3) is 0.731. The van der Waals surface area contributed by atoms with E-state index >= 15 is 0 Å². The Morgan fingerprint density at radius 3 is 2.50 bits per heavy atom. The van der Waals surface area contributed by atoms with Crippen molar-refractivity contribution in [3.8, 4) is 11.8 Å². The number of fused-ring (bicyclic) bond motifs is 5. The van der Waals surface area contributed by atoms with Crippen LogP contribution in [0.3, 0.4) is 0 Å². The highest BCUT2D eigenvalue weighted by Gasteiger charge is 2.65. The largest absolute Gasteiger partial charge is 0.497 e. The molecule has 0 bridgehead atoms. The molecule has 0 aromatic heterocycles. The van der Waals surface area contributed by atoms with Gasteiger partial charge in [0.05, 0.1) is 13.2 Å². The van der Waals surface area contributed by atoms with Crippen LogP contribution in [0, 0.1) is 28.6 Å². The van der Waals surface area contributed by atoms with Crippen molar-refractivity contribution in [3.63, 3.8) is 0 Å². The van der Waals surface area contributed by atoms with Crippen LogP contribution in [0.25, 0.3) is 0 Å². The molecule has 0 amide bonds. The molecule has 0 spiro atoms. The molecular weight excluding hydrogens is 386 g/mol. The first-order chi connectivity index (χ1) is 14.0. The fourth-order valence-electron chi connectivity index (χ4n) is 6.65. The number of hydrogen-bond acceptors (Lipinski definition) is 3. The maximum atomic E-state index is 10.5. The van der Waals surface area contributed by atoms with Crippen molar-refractivity contribution in [2.45, 2.75) is 95.9 Å². The Balaban J connectivity index is 1.66. The van der Waals surface area contributed by atoms with E-state index in [-0.39, 0.29) is 10.5 Å². The highest BCUT2D eigenvalue weighted by atomic mass is 28.4. The molecular formula is C26H39NO2Si. The van der Waals surface area contributed by atoms with Gasteiger partial charge in [-0.3, -0.25) is 0 Å². The Kier molecular flexibility index (Phi) is 5.19. The average Bonchev–Trinajstić information content (AvgIpc) is 2.98. The van der Waals surface area contributed by atoms with Gasteiger partial charge < -0.3 is 9.16 Å².